The van der Waals surface area contributed by atoms with Crippen molar-refractivity contribution < 1.29 is 19.4 Å². The van der Waals surface area contributed by atoms with Crippen LogP contribution in [-0.2, 0) is 9.53 Å². The van der Waals surface area contributed by atoms with Crippen LogP contribution in [0.15, 0.2) is 23.8 Å². The van der Waals surface area contributed by atoms with E-state index in [1.54, 1.807) is 0 Å². The van der Waals surface area contributed by atoms with Crippen LogP contribution in [0.2, 0.25) is 0 Å². The smallest absolute Gasteiger partial charge is 0.234 e. The summed E-state index contributed by atoms with van der Waals surface area (Å²) in [4.78, 5) is 24.1. The molecule has 0 saturated heterocycles. The van der Waals surface area contributed by atoms with Gasteiger partial charge in [-0.15, -0.1) is 0 Å². The average molecular weight is 258 g/mol. The molecule has 1 N–H and O–H groups in total. The minimum Gasteiger partial charge on any atom is -0.508 e. The topological polar surface area (TPSA) is 63.6 Å². The lowest BCUT2D eigenvalue weighted by Crippen LogP contribution is -2.34. The molecule has 1 aliphatic carbocycles. The van der Waals surface area contributed by atoms with E-state index in [-0.39, 0.29) is 11.4 Å². The Balaban J connectivity index is 2.25. The van der Waals surface area contributed by atoms with Crippen LogP contribution in [0, 0.1) is 0 Å². The van der Waals surface area contributed by atoms with Gasteiger partial charge in [-0.1, -0.05) is 0 Å². The fourth-order valence-corrected chi connectivity index (χ4v) is 2.54. The number of fused-ring (bicyclic) bond motifs is 2. The highest BCUT2D eigenvalue weighted by molar-refractivity contribution is 6.52. The molecular formula is C15H14O4. The lowest BCUT2D eigenvalue weighted by Gasteiger charge is -2.36. The second-order valence-corrected chi connectivity index (χ2v) is 5.56. The van der Waals surface area contributed by atoms with Crippen LogP contribution in [-0.4, -0.2) is 22.3 Å². The van der Waals surface area contributed by atoms with Gasteiger partial charge in [0.05, 0.1) is 0 Å². The number of Topliss-reactive ketones (excluding diaryl/α,β-unsaturated/α-hetero) is 2. The Morgan fingerprint density at radius 1 is 1.16 bits per heavy atom. The average Bonchev–Trinajstić information content (AvgIpc) is 2.35. The van der Waals surface area contributed by atoms with Crippen molar-refractivity contribution in [1.29, 1.82) is 0 Å². The summed E-state index contributed by atoms with van der Waals surface area (Å²) in [6, 6.07) is 4.36. The van der Waals surface area contributed by atoms with Crippen molar-refractivity contribution in [2.75, 3.05) is 0 Å². The summed E-state index contributed by atoms with van der Waals surface area (Å²) in [7, 11) is 0. The number of ketones is 2. The molecule has 0 atom stereocenters. The monoisotopic (exact) mass is 258 g/mol. The van der Waals surface area contributed by atoms with Crippen molar-refractivity contribution in [3.05, 3.63) is 34.9 Å². The molecule has 4 nitrogen and oxygen atoms in total. The fraction of sp³-hybridized carbons (Fsp3) is 0.333. The molecule has 0 bridgehead atoms. The minimum absolute atomic E-state index is 0.0553. The SMILES string of the molecule is CC1(C)CCC2=C(O1)c1cc(O)ccc1C(=O)C2=O. The Hall–Kier alpha value is -2.10. The Morgan fingerprint density at radius 2 is 1.89 bits per heavy atom. The highest BCUT2D eigenvalue weighted by Gasteiger charge is 2.39. The summed E-state index contributed by atoms with van der Waals surface area (Å²) in [6.07, 6.45) is 1.22. The molecule has 1 aromatic rings. The first-order chi connectivity index (χ1) is 8.89. The van der Waals surface area contributed by atoms with Gasteiger partial charge >= 0.3 is 0 Å². The minimum atomic E-state index is -0.517. The quantitative estimate of drug-likeness (QED) is 0.726. The number of hydrogen-bond acceptors (Lipinski definition) is 4. The van der Waals surface area contributed by atoms with E-state index in [1.165, 1.54) is 18.2 Å². The van der Waals surface area contributed by atoms with Crippen LogP contribution >= 0.6 is 0 Å². The Morgan fingerprint density at radius 3 is 2.63 bits per heavy atom. The second-order valence-electron chi connectivity index (χ2n) is 5.56. The fourth-order valence-electron chi connectivity index (χ4n) is 2.54. The molecule has 0 unspecified atom stereocenters. The first kappa shape index (κ1) is 12.0. The molecule has 0 aromatic heterocycles. The zero-order valence-corrected chi connectivity index (χ0v) is 10.8. The molecular weight excluding hydrogens is 244 g/mol. The maximum atomic E-state index is 12.1. The zero-order chi connectivity index (χ0) is 13.8. The third-order valence-electron chi connectivity index (χ3n) is 3.60. The predicted octanol–water partition coefficient (Wildman–Crippen LogP) is 2.46. The zero-order valence-electron chi connectivity index (χ0n) is 10.8. The van der Waals surface area contributed by atoms with Crippen molar-refractivity contribution in [3.63, 3.8) is 0 Å². The number of aromatic hydroxyl groups is 1. The largest absolute Gasteiger partial charge is 0.508 e. The molecule has 19 heavy (non-hydrogen) atoms. The molecule has 1 aromatic carbocycles. The molecule has 0 saturated carbocycles. The Bertz CT molecular complexity index is 638. The van der Waals surface area contributed by atoms with Crippen molar-refractivity contribution >= 4 is 17.3 Å². The van der Waals surface area contributed by atoms with Crippen molar-refractivity contribution in [2.24, 2.45) is 0 Å². The Kier molecular flexibility index (Phi) is 2.33. The summed E-state index contributed by atoms with van der Waals surface area (Å²) in [6.45, 7) is 3.89. The Labute approximate surface area is 110 Å². The lowest BCUT2D eigenvalue weighted by atomic mass is 9.82. The van der Waals surface area contributed by atoms with Crippen LogP contribution in [0.3, 0.4) is 0 Å². The van der Waals surface area contributed by atoms with E-state index in [2.05, 4.69) is 0 Å². The van der Waals surface area contributed by atoms with E-state index >= 15 is 0 Å². The number of ether oxygens (including phenoxy) is 1. The number of hydrogen-bond donors (Lipinski definition) is 1. The molecule has 1 aliphatic heterocycles. The summed E-state index contributed by atoms with van der Waals surface area (Å²) >= 11 is 0. The summed E-state index contributed by atoms with van der Waals surface area (Å²) < 4.78 is 5.87. The summed E-state index contributed by atoms with van der Waals surface area (Å²) in [5.41, 5.74) is 0.886. The number of phenolic OH excluding ortho intramolecular Hbond substituents is 1. The molecule has 0 spiro atoms. The third-order valence-corrected chi connectivity index (χ3v) is 3.60. The molecule has 1 heterocycles. The summed E-state index contributed by atoms with van der Waals surface area (Å²) in [5, 5.41) is 9.59. The number of allylic oxidation sites excluding steroid dienone is 1. The molecule has 3 rings (SSSR count). The third kappa shape index (κ3) is 1.75. The molecule has 4 heteroatoms. The molecule has 0 radical (unpaired) electrons. The van der Waals surface area contributed by atoms with Crippen molar-refractivity contribution in [1.82, 2.24) is 0 Å². The van der Waals surface area contributed by atoms with Gasteiger partial charge in [-0.3, -0.25) is 9.59 Å². The van der Waals surface area contributed by atoms with Gasteiger partial charge in [0.25, 0.3) is 0 Å². The normalized spacial score (nSPS) is 20.7. The molecule has 2 aliphatic rings. The van der Waals surface area contributed by atoms with Crippen LogP contribution in [0.1, 0.15) is 42.6 Å². The molecule has 0 amide bonds. The van der Waals surface area contributed by atoms with E-state index < -0.39 is 11.6 Å². The second kappa shape index (κ2) is 3.70. The van der Waals surface area contributed by atoms with Crippen LogP contribution < -0.4 is 0 Å². The van der Waals surface area contributed by atoms with Gasteiger partial charge in [-0.05, 0) is 44.9 Å². The highest BCUT2D eigenvalue weighted by atomic mass is 16.5. The van der Waals surface area contributed by atoms with E-state index in [9.17, 15) is 14.7 Å². The van der Waals surface area contributed by atoms with E-state index in [1.807, 2.05) is 13.8 Å². The molecule has 98 valence electrons. The number of carbonyl (C=O) groups excluding carboxylic acids is 2. The van der Waals surface area contributed by atoms with Gasteiger partial charge < -0.3 is 9.84 Å². The first-order valence-corrected chi connectivity index (χ1v) is 6.24. The van der Waals surface area contributed by atoms with Gasteiger partial charge in [0.1, 0.15) is 17.1 Å². The number of phenols is 1. The van der Waals surface area contributed by atoms with Crippen LogP contribution in [0.25, 0.3) is 5.76 Å². The number of carbonyl (C=O) groups is 2. The van der Waals surface area contributed by atoms with Crippen molar-refractivity contribution in [3.8, 4) is 5.75 Å². The van der Waals surface area contributed by atoms with Gasteiger partial charge in [0, 0.05) is 16.7 Å². The number of benzene rings is 1. The van der Waals surface area contributed by atoms with Gasteiger partial charge in [0.15, 0.2) is 0 Å². The predicted molar refractivity (Wildman–Crippen MR) is 68.8 cm³/mol. The van der Waals surface area contributed by atoms with Gasteiger partial charge in [-0.2, -0.15) is 0 Å². The van der Waals surface area contributed by atoms with Crippen LogP contribution in [0.4, 0.5) is 0 Å². The van der Waals surface area contributed by atoms with E-state index in [4.69, 9.17) is 4.74 Å². The van der Waals surface area contributed by atoms with E-state index in [0.29, 0.717) is 35.3 Å². The highest BCUT2D eigenvalue weighted by Crippen LogP contribution is 2.41. The molecule has 0 fully saturated rings. The maximum absolute atomic E-state index is 12.1. The van der Waals surface area contributed by atoms with Gasteiger partial charge in [-0.25, -0.2) is 0 Å². The standard InChI is InChI=1S/C15H14O4/c1-15(2)6-5-10-13(18)12(17)9-4-3-8(16)7-11(9)14(10)19-15/h3-4,7,16H,5-6H2,1-2H3. The van der Waals surface area contributed by atoms with Crippen molar-refractivity contribution in [2.45, 2.75) is 32.3 Å². The van der Waals surface area contributed by atoms with Gasteiger partial charge in [0.2, 0.25) is 11.6 Å². The maximum Gasteiger partial charge on any atom is 0.234 e. The first-order valence-electron chi connectivity index (χ1n) is 6.24. The van der Waals surface area contributed by atoms with E-state index in [0.717, 1.165) is 0 Å². The number of rotatable bonds is 0. The summed E-state index contributed by atoms with van der Waals surface area (Å²) in [5.74, 6) is -0.493. The lowest BCUT2D eigenvalue weighted by molar-refractivity contribution is -0.112. The van der Waals surface area contributed by atoms with Crippen LogP contribution in [0.5, 0.6) is 5.75 Å².